The summed E-state index contributed by atoms with van der Waals surface area (Å²) < 4.78 is 56.5. The van der Waals surface area contributed by atoms with Crippen LogP contribution in [0, 0.1) is 28.9 Å². The van der Waals surface area contributed by atoms with Crippen molar-refractivity contribution in [2.75, 3.05) is 0 Å². The highest BCUT2D eigenvalue weighted by molar-refractivity contribution is 7.86. The molecule has 3 fully saturated rings. The van der Waals surface area contributed by atoms with Crippen molar-refractivity contribution in [3.05, 3.63) is 29.8 Å². The maximum atomic E-state index is 13.7. The van der Waals surface area contributed by atoms with Gasteiger partial charge in [-0.1, -0.05) is 13.8 Å². The zero-order chi connectivity index (χ0) is 17.2. The lowest BCUT2D eigenvalue weighted by Gasteiger charge is -2.64. The molecule has 128 valence electrons. The molecular weight excluding hydrogens is 326 g/mol. The van der Waals surface area contributed by atoms with Crippen molar-refractivity contribution in [1.29, 1.82) is 0 Å². The Bertz CT molecular complexity index is 742. The monoisotopic (exact) mass is 346 g/mol. The van der Waals surface area contributed by atoms with E-state index in [-0.39, 0.29) is 17.3 Å². The summed E-state index contributed by atoms with van der Waals surface area (Å²) in [6.45, 7) is 5.66. The second-order valence-corrected chi connectivity index (χ2v) is 8.92. The summed E-state index contributed by atoms with van der Waals surface area (Å²) in [5.41, 5.74) is -1.39. The van der Waals surface area contributed by atoms with E-state index in [2.05, 4.69) is 0 Å². The van der Waals surface area contributed by atoms with Crippen LogP contribution in [0.1, 0.15) is 33.6 Å². The van der Waals surface area contributed by atoms with E-state index < -0.39 is 38.4 Å². The fourth-order valence-electron chi connectivity index (χ4n) is 4.15. The maximum absolute atomic E-state index is 13.7. The smallest absolute Gasteiger partial charge is 0.300 e. The normalized spacial score (nSPS) is 35.7. The Balaban J connectivity index is 1.87. The Hall–Kier alpha value is -1.05. The van der Waals surface area contributed by atoms with Gasteiger partial charge in [-0.3, -0.25) is 4.18 Å². The summed E-state index contributed by atoms with van der Waals surface area (Å²) in [6, 6.07) is 2.19. The molecule has 23 heavy (non-hydrogen) atoms. The van der Waals surface area contributed by atoms with Crippen molar-refractivity contribution in [3.63, 3.8) is 0 Å². The molecule has 0 saturated heterocycles. The van der Waals surface area contributed by atoms with Crippen molar-refractivity contribution >= 4 is 10.1 Å². The average Bonchev–Trinajstić information content (AvgIpc) is 2.39. The average molecular weight is 346 g/mol. The third-order valence-corrected chi connectivity index (χ3v) is 7.09. The second-order valence-electron chi connectivity index (χ2n) is 7.38. The predicted molar refractivity (Wildman–Crippen MR) is 79.0 cm³/mol. The number of aliphatic hydroxyl groups is 1. The molecule has 0 unspecified atom stereocenters. The van der Waals surface area contributed by atoms with Gasteiger partial charge in [0, 0.05) is 6.07 Å². The first-order valence-corrected chi connectivity index (χ1v) is 8.98. The van der Waals surface area contributed by atoms with Gasteiger partial charge in [0.1, 0.15) is 22.6 Å². The lowest BCUT2D eigenvalue weighted by Crippen LogP contribution is -2.67. The van der Waals surface area contributed by atoms with Crippen molar-refractivity contribution in [2.24, 2.45) is 17.3 Å². The third-order valence-electron chi connectivity index (χ3n) is 5.73. The summed E-state index contributed by atoms with van der Waals surface area (Å²) in [4.78, 5) is -0.715. The number of fused-ring (bicyclic) bond motifs is 2. The number of benzene rings is 1. The van der Waals surface area contributed by atoms with Gasteiger partial charge in [0.2, 0.25) is 0 Å². The van der Waals surface area contributed by atoms with E-state index in [0.717, 1.165) is 18.6 Å². The lowest BCUT2D eigenvalue weighted by atomic mass is 9.43. The first-order valence-electron chi connectivity index (χ1n) is 7.57. The van der Waals surface area contributed by atoms with Crippen molar-refractivity contribution in [2.45, 2.75) is 50.2 Å². The lowest BCUT2D eigenvalue weighted by molar-refractivity contribution is -0.237. The molecule has 3 aliphatic carbocycles. The van der Waals surface area contributed by atoms with E-state index in [1.54, 1.807) is 6.92 Å². The Morgan fingerprint density at radius 1 is 1.22 bits per heavy atom. The Morgan fingerprint density at radius 3 is 2.39 bits per heavy atom. The van der Waals surface area contributed by atoms with Crippen LogP contribution in [0.3, 0.4) is 0 Å². The standard InChI is InChI=1S/C16H20F2O4S/c1-15(2)9-6-13(15)16(3,19)14(7-9)22-23(20,21)12-5-4-10(17)8-11(12)18/h4-5,8-9,13-14,19H,6-7H2,1-3H3/t9-,13-,14+,16-/m0/s1. The number of hydrogen-bond acceptors (Lipinski definition) is 4. The first kappa shape index (κ1) is 16.8. The van der Waals surface area contributed by atoms with Crippen molar-refractivity contribution in [1.82, 2.24) is 0 Å². The van der Waals surface area contributed by atoms with E-state index in [1.807, 2.05) is 13.8 Å². The van der Waals surface area contributed by atoms with E-state index in [9.17, 15) is 22.3 Å². The van der Waals surface area contributed by atoms with Gasteiger partial charge in [0.25, 0.3) is 10.1 Å². The third kappa shape index (κ3) is 2.49. The molecule has 4 atom stereocenters. The minimum absolute atomic E-state index is 0.0752. The van der Waals surface area contributed by atoms with Crippen LogP contribution in [-0.2, 0) is 14.3 Å². The van der Waals surface area contributed by atoms with Crippen molar-refractivity contribution in [3.8, 4) is 0 Å². The molecule has 0 radical (unpaired) electrons. The molecule has 0 spiro atoms. The minimum Gasteiger partial charge on any atom is -0.387 e. The summed E-state index contributed by atoms with van der Waals surface area (Å²) in [6.07, 6.45) is 0.275. The zero-order valence-electron chi connectivity index (χ0n) is 13.2. The molecule has 3 saturated carbocycles. The Kier molecular flexibility index (Phi) is 3.63. The molecule has 0 amide bonds. The van der Waals surface area contributed by atoms with Gasteiger partial charge in [0.15, 0.2) is 0 Å². The molecule has 0 aliphatic heterocycles. The van der Waals surface area contributed by atoms with E-state index in [4.69, 9.17) is 4.18 Å². The van der Waals surface area contributed by atoms with E-state index in [1.165, 1.54) is 0 Å². The van der Waals surface area contributed by atoms with Crippen LogP contribution >= 0.6 is 0 Å². The number of halogens is 2. The summed E-state index contributed by atoms with van der Waals surface area (Å²) in [7, 11) is -4.42. The van der Waals surface area contributed by atoms with Gasteiger partial charge < -0.3 is 5.11 Å². The molecule has 0 aromatic heterocycles. The molecule has 7 heteroatoms. The molecule has 1 N–H and O–H groups in total. The zero-order valence-corrected chi connectivity index (χ0v) is 14.0. The molecule has 4 rings (SSSR count). The van der Waals surface area contributed by atoms with Gasteiger partial charge in [-0.25, -0.2) is 8.78 Å². The van der Waals surface area contributed by atoms with Gasteiger partial charge in [-0.2, -0.15) is 8.42 Å². The highest BCUT2D eigenvalue weighted by atomic mass is 32.2. The van der Waals surface area contributed by atoms with Gasteiger partial charge in [-0.15, -0.1) is 0 Å². The van der Waals surface area contributed by atoms with Crippen LogP contribution in [-0.4, -0.2) is 25.2 Å². The molecule has 2 bridgehead atoms. The first-order chi connectivity index (χ1) is 10.5. The second kappa shape index (κ2) is 4.97. The fourth-order valence-corrected chi connectivity index (χ4v) is 5.36. The maximum Gasteiger partial charge on any atom is 0.300 e. The van der Waals surface area contributed by atoms with E-state index >= 15 is 0 Å². The van der Waals surface area contributed by atoms with Crippen molar-refractivity contribution < 1.29 is 26.5 Å². The van der Waals surface area contributed by atoms with Crippen LogP contribution in [0.25, 0.3) is 0 Å². The summed E-state index contributed by atoms with van der Waals surface area (Å²) >= 11 is 0. The predicted octanol–water partition coefficient (Wildman–Crippen LogP) is 2.86. The minimum atomic E-state index is -4.42. The summed E-state index contributed by atoms with van der Waals surface area (Å²) in [5.74, 6) is -1.89. The van der Waals surface area contributed by atoms with Gasteiger partial charge in [0.05, 0.1) is 5.60 Å². The van der Waals surface area contributed by atoms with Crippen LogP contribution in [0.5, 0.6) is 0 Å². The van der Waals surface area contributed by atoms with Crippen LogP contribution in [0.2, 0.25) is 0 Å². The topological polar surface area (TPSA) is 63.6 Å². The molecule has 4 nitrogen and oxygen atoms in total. The van der Waals surface area contributed by atoms with Crippen LogP contribution in [0.4, 0.5) is 8.78 Å². The molecule has 1 aromatic carbocycles. The van der Waals surface area contributed by atoms with Gasteiger partial charge >= 0.3 is 0 Å². The van der Waals surface area contributed by atoms with Crippen LogP contribution in [0.15, 0.2) is 23.1 Å². The van der Waals surface area contributed by atoms with Crippen LogP contribution < -0.4 is 0 Å². The molecule has 3 aliphatic rings. The fraction of sp³-hybridized carbons (Fsp3) is 0.625. The van der Waals surface area contributed by atoms with E-state index in [0.29, 0.717) is 12.5 Å². The van der Waals surface area contributed by atoms with Gasteiger partial charge in [-0.05, 0) is 49.1 Å². The number of hydrogen-bond donors (Lipinski definition) is 1. The molecule has 1 aromatic rings. The highest BCUT2D eigenvalue weighted by Crippen LogP contribution is 2.63. The Labute approximate surface area is 134 Å². The number of rotatable bonds is 3. The summed E-state index contributed by atoms with van der Waals surface area (Å²) in [5, 5.41) is 10.8. The highest BCUT2D eigenvalue weighted by Gasteiger charge is 2.64. The molecular formula is C16H20F2O4S. The Morgan fingerprint density at radius 2 is 1.87 bits per heavy atom. The largest absolute Gasteiger partial charge is 0.387 e. The molecule has 0 heterocycles. The quantitative estimate of drug-likeness (QED) is 0.855. The SMILES string of the molecule is CC1(C)[C@@H]2C[C@@H](OS(=O)(=O)c3ccc(F)cc3F)[C@@](C)(O)[C@H]1C2.